The second kappa shape index (κ2) is 9.01. The van der Waals surface area contributed by atoms with E-state index in [-0.39, 0.29) is 16.5 Å². The quantitative estimate of drug-likeness (QED) is 0.638. The lowest BCUT2D eigenvalue weighted by molar-refractivity contribution is 0.102. The van der Waals surface area contributed by atoms with E-state index >= 15 is 0 Å². The molecule has 3 aromatic rings. The molecule has 8 nitrogen and oxygen atoms in total. The minimum Gasteiger partial charge on any atom is -0.321 e. The van der Waals surface area contributed by atoms with Crippen molar-refractivity contribution in [1.82, 2.24) is 19.0 Å². The maximum absolute atomic E-state index is 12.9. The van der Waals surface area contributed by atoms with Gasteiger partial charge in [-0.3, -0.25) is 4.79 Å². The lowest BCUT2D eigenvalue weighted by atomic mass is 10.3. The molecule has 31 heavy (non-hydrogen) atoms. The third-order valence-corrected chi connectivity index (χ3v) is 7.28. The summed E-state index contributed by atoms with van der Waals surface area (Å²) < 4.78 is 28.9. The van der Waals surface area contributed by atoms with Crippen molar-refractivity contribution in [3.8, 4) is 5.69 Å². The van der Waals surface area contributed by atoms with Gasteiger partial charge in [-0.1, -0.05) is 25.1 Å². The van der Waals surface area contributed by atoms with Crippen LogP contribution in [-0.2, 0) is 10.0 Å². The zero-order chi connectivity index (χ0) is 21.8. The van der Waals surface area contributed by atoms with Crippen LogP contribution in [0.1, 0.15) is 17.4 Å². The van der Waals surface area contributed by atoms with E-state index in [0.717, 1.165) is 25.3 Å². The fourth-order valence-corrected chi connectivity index (χ4v) is 4.93. The van der Waals surface area contributed by atoms with Crippen molar-refractivity contribution in [3.05, 3.63) is 72.6 Å². The number of nitrogens with zero attached hydrogens (tertiary/aromatic N) is 4. The van der Waals surface area contributed by atoms with Crippen LogP contribution in [0.3, 0.4) is 0 Å². The van der Waals surface area contributed by atoms with E-state index < -0.39 is 10.0 Å². The summed E-state index contributed by atoms with van der Waals surface area (Å²) >= 11 is 0. The lowest BCUT2D eigenvalue weighted by Gasteiger charge is -2.33. The summed E-state index contributed by atoms with van der Waals surface area (Å²) in [5, 5.41) is 7.07. The van der Waals surface area contributed by atoms with Crippen LogP contribution < -0.4 is 5.32 Å². The molecule has 1 N–H and O–H groups in total. The maximum atomic E-state index is 12.9. The van der Waals surface area contributed by atoms with Crippen molar-refractivity contribution in [2.24, 2.45) is 0 Å². The van der Waals surface area contributed by atoms with Crippen molar-refractivity contribution in [3.63, 3.8) is 0 Å². The third-order valence-electron chi connectivity index (χ3n) is 5.37. The number of aromatic nitrogens is 2. The molecule has 1 amide bonds. The number of anilines is 1. The Bertz CT molecular complexity index is 1140. The van der Waals surface area contributed by atoms with Gasteiger partial charge in [0.15, 0.2) is 5.69 Å². The van der Waals surface area contributed by atoms with Gasteiger partial charge in [-0.2, -0.15) is 9.40 Å². The molecule has 0 spiro atoms. The van der Waals surface area contributed by atoms with Crippen LogP contribution in [-0.4, -0.2) is 66.0 Å². The third kappa shape index (κ3) is 4.68. The number of sulfonamides is 1. The monoisotopic (exact) mass is 439 g/mol. The second-order valence-electron chi connectivity index (χ2n) is 7.30. The van der Waals surface area contributed by atoms with Crippen molar-refractivity contribution in [2.75, 3.05) is 38.0 Å². The summed E-state index contributed by atoms with van der Waals surface area (Å²) in [7, 11) is -3.54. The Balaban J connectivity index is 1.42. The molecular formula is C22H25N5O3S. The number of para-hydroxylation sites is 1. The number of piperazine rings is 1. The van der Waals surface area contributed by atoms with Crippen molar-refractivity contribution >= 4 is 21.6 Å². The van der Waals surface area contributed by atoms with Gasteiger partial charge in [0, 0.05) is 38.1 Å². The van der Waals surface area contributed by atoms with E-state index in [1.807, 2.05) is 30.3 Å². The van der Waals surface area contributed by atoms with E-state index in [9.17, 15) is 13.2 Å². The lowest BCUT2D eigenvalue weighted by Crippen LogP contribution is -2.48. The standard InChI is InChI=1S/C22H25N5O3S/c1-2-25-14-16-26(17-15-25)31(29,30)20-10-8-18(9-11-20)23-22(28)21-12-13-27(24-21)19-6-4-3-5-7-19/h3-13H,2,14-17H2,1H3,(H,23,28). The first kappa shape index (κ1) is 21.2. The number of hydrogen-bond donors (Lipinski definition) is 1. The van der Waals surface area contributed by atoms with E-state index in [0.29, 0.717) is 18.8 Å². The highest BCUT2D eigenvalue weighted by Gasteiger charge is 2.27. The summed E-state index contributed by atoms with van der Waals surface area (Å²) in [4.78, 5) is 15.0. The number of hydrogen-bond acceptors (Lipinski definition) is 5. The smallest absolute Gasteiger partial charge is 0.276 e. The van der Waals surface area contributed by atoms with Gasteiger partial charge >= 0.3 is 0 Å². The zero-order valence-corrected chi connectivity index (χ0v) is 18.1. The van der Waals surface area contributed by atoms with E-state index in [1.165, 1.54) is 16.4 Å². The van der Waals surface area contributed by atoms with Crippen LogP contribution in [0.25, 0.3) is 5.69 Å². The number of rotatable bonds is 6. The highest BCUT2D eigenvalue weighted by molar-refractivity contribution is 7.89. The normalized spacial score (nSPS) is 15.6. The summed E-state index contributed by atoms with van der Waals surface area (Å²) in [5.74, 6) is -0.360. The van der Waals surface area contributed by atoms with Gasteiger partial charge in [0.1, 0.15) is 0 Å². The van der Waals surface area contributed by atoms with Gasteiger partial charge in [0.25, 0.3) is 5.91 Å². The fourth-order valence-electron chi connectivity index (χ4n) is 3.51. The predicted molar refractivity (Wildman–Crippen MR) is 119 cm³/mol. The number of carbonyl (C=O) groups excluding carboxylic acids is 1. The van der Waals surface area contributed by atoms with Crippen LogP contribution in [0.15, 0.2) is 71.8 Å². The number of likely N-dealkylation sites (N-methyl/N-ethyl adjacent to an activating group) is 1. The van der Waals surface area contributed by atoms with Gasteiger partial charge in [0.2, 0.25) is 10.0 Å². The Hall–Kier alpha value is -3.01. The Morgan fingerprint density at radius 3 is 2.29 bits per heavy atom. The summed E-state index contributed by atoms with van der Waals surface area (Å²) in [6.07, 6.45) is 1.72. The van der Waals surface area contributed by atoms with E-state index in [2.05, 4.69) is 22.2 Å². The number of nitrogens with one attached hydrogen (secondary N) is 1. The average Bonchev–Trinajstić information content (AvgIpc) is 3.31. The Morgan fingerprint density at radius 1 is 0.968 bits per heavy atom. The van der Waals surface area contributed by atoms with Gasteiger partial charge in [-0.05, 0) is 49.0 Å². The number of amides is 1. The minimum atomic E-state index is -3.54. The Labute approximate surface area is 182 Å². The molecule has 4 rings (SSSR count). The largest absolute Gasteiger partial charge is 0.321 e. The highest BCUT2D eigenvalue weighted by atomic mass is 32.2. The molecule has 1 aliphatic heterocycles. The first-order valence-electron chi connectivity index (χ1n) is 10.2. The number of carbonyl (C=O) groups is 1. The summed E-state index contributed by atoms with van der Waals surface area (Å²) in [6, 6.07) is 17.4. The van der Waals surface area contributed by atoms with Gasteiger partial charge in [0.05, 0.1) is 10.6 Å². The molecule has 1 aromatic heterocycles. The van der Waals surface area contributed by atoms with Crippen molar-refractivity contribution in [2.45, 2.75) is 11.8 Å². The topological polar surface area (TPSA) is 87.5 Å². The molecule has 0 atom stereocenters. The molecule has 2 heterocycles. The van der Waals surface area contributed by atoms with Gasteiger partial charge in [-0.25, -0.2) is 13.1 Å². The molecule has 9 heteroatoms. The first-order valence-corrected chi connectivity index (χ1v) is 11.7. The molecule has 162 valence electrons. The average molecular weight is 440 g/mol. The highest BCUT2D eigenvalue weighted by Crippen LogP contribution is 2.20. The van der Waals surface area contributed by atoms with Crippen LogP contribution in [0.4, 0.5) is 5.69 Å². The SMILES string of the molecule is CCN1CCN(S(=O)(=O)c2ccc(NC(=O)c3ccn(-c4ccccc4)n3)cc2)CC1. The molecule has 0 saturated carbocycles. The molecular weight excluding hydrogens is 414 g/mol. The summed E-state index contributed by atoms with van der Waals surface area (Å²) in [5.41, 5.74) is 1.64. The van der Waals surface area contributed by atoms with Crippen molar-refractivity contribution in [1.29, 1.82) is 0 Å². The maximum Gasteiger partial charge on any atom is 0.276 e. The molecule has 1 fully saturated rings. The summed E-state index contributed by atoms with van der Waals surface area (Å²) in [6.45, 7) is 5.44. The first-order chi connectivity index (χ1) is 15.0. The molecule has 1 saturated heterocycles. The Morgan fingerprint density at radius 2 is 1.65 bits per heavy atom. The molecule has 0 aliphatic carbocycles. The predicted octanol–water partition coefficient (Wildman–Crippen LogP) is 2.45. The number of benzene rings is 2. The second-order valence-corrected chi connectivity index (χ2v) is 9.24. The van der Waals surface area contributed by atoms with Crippen molar-refractivity contribution < 1.29 is 13.2 Å². The minimum absolute atomic E-state index is 0.226. The zero-order valence-electron chi connectivity index (χ0n) is 17.3. The molecule has 0 unspecified atom stereocenters. The van der Waals surface area contributed by atoms with Crippen LogP contribution >= 0.6 is 0 Å². The van der Waals surface area contributed by atoms with E-state index in [4.69, 9.17) is 0 Å². The van der Waals surface area contributed by atoms with Gasteiger partial charge in [-0.15, -0.1) is 0 Å². The molecule has 0 bridgehead atoms. The molecule has 2 aromatic carbocycles. The van der Waals surface area contributed by atoms with Crippen LogP contribution in [0.5, 0.6) is 0 Å². The van der Waals surface area contributed by atoms with Gasteiger partial charge < -0.3 is 10.2 Å². The van der Waals surface area contributed by atoms with Crippen LogP contribution in [0.2, 0.25) is 0 Å². The Kier molecular flexibility index (Phi) is 6.17. The van der Waals surface area contributed by atoms with Crippen LogP contribution in [0, 0.1) is 0 Å². The molecule has 1 aliphatic rings. The van der Waals surface area contributed by atoms with E-state index in [1.54, 1.807) is 29.1 Å². The molecule has 0 radical (unpaired) electrons. The fraction of sp³-hybridized carbons (Fsp3) is 0.273.